The molecule has 0 aliphatic rings. The number of fused-ring (bicyclic) bond motifs is 3. The topological polar surface area (TPSA) is 86.2 Å². The molecule has 8 nitrogen and oxygen atoms in total. The molecule has 0 bridgehead atoms. The molecule has 1 amide bonds. The van der Waals surface area contributed by atoms with Gasteiger partial charge in [0.05, 0.1) is 23.8 Å². The summed E-state index contributed by atoms with van der Waals surface area (Å²) in [4.78, 5) is 25.5. The van der Waals surface area contributed by atoms with E-state index in [0.29, 0.717) is 11.2 Å². The molecule has 0 aliphatic carbocycles. The summed E-state index contributed by atoms with van der Waals surface area (Å²) in [5.41, 5.74) is 3.48. The second-order valence-electron chi connectivity index (χ2n) is 7.15. The predicted molar refractivity (Wildman–Crippen MR) is 107 cm³/mol. The van der Waals surface area contributed by atoms with E-state index in [1.54, 1.807) is 22.3 Å². The molecular formula is C20H22N6O2. The van der Waals surface area contributed by atoms with Crippen LogP contribution in [0.2, 0.25) is 0 Å². The molecule has 4 rings (SSSR count). The van der Waals surface area contributed by atoms with E-state index in [1.807, 2.05) is 51.1 Å². The van der Waals surface area contributed by atoms with Gasteiger partial charge in [0.15, 0.2) is 5.65 Å². The maximum atomic E-state index is 13.0. The summed E-state index contributed by atoms with van der Waals surface area (Å²) in [5.74, 6) is -0.212. The first-order valence-corrected chi connectivity index (χ1v) is 9.14. The van der Waals surface area contributed by atoms with E-state index < -0.39 is 0 Å². The van der Waals surface area contributed by atoms with Crippen LogP contribution in [-0.4, -0.2) is 35.9 Å². The zero-order chi connectivity index (χ0) is 20.0. The number of para-hydroxylation sites is 1. The molecule has 144 valence electrons. The number of aryl methyl sites for hydroxylation is 2. The average Bonchev–Trinajstić information content (AvgIpc) is 3.16. The van der Waals surface area contributed by atoms with Crippen molar-refractivity contribution >= 4 is 22.5 Å². The van der Waals surface area contributed by atoms with E-state index in [2.05, 4.69) is 15.5 Å². The number of benzene rings is 1. The SMILES string of the molecule is Cc1cc2ccccc2n2c(=O)n(C[C@H](C)NC(=O)c3cnn(C)c3C)nc12. The Kier molecular flexibility index (Phi) is 4.26. The number of hydrogen-bond acceptors (Lipinski definition) is 4. The van der Waals surface area contributed by atoms with Crippen molar-refractivity contribution in [3.05, 3.63) is 63.8 Å². The third kappa shape index (κ3) is 2.87. The number of hydrogen-bond donors (Lipinski definition) is 1. The Bertz CT molecular complexity index is 1260. The Morgan fingerprint density at radius 3 is 2.71 bits per heavy atom. The molecule has 1 atom stereocenters. The second-order valence-corrected chi connectivity index (χ2v) is 7.15. The lowest BCUT2D eigenvalue weighted by Crippen LogP contribution is -2.38. The zero-order valence-corrected chi connectivity index (χ0v) is 16.3. The lowest BCUT2D eigenvalue weighted by Gasteiger charge is -2.13. The lowest BCUT2D eigenvalue weighted by atomic mass is 10.1. The third-order valence-corrected chi connectivity index (χ3v) is 5.05. The van der Waals surface area contributed by atoms with Crippen molar-refractivity contribution in [1.82, 2.24) is 29.3 Å². The van der Waals surface area contributed by atoms with Gasteiger partial charge in [0, 0.05) is 18.8 Å². The van der Waals surface area contributed by atoms with Crippen LogP contribution in [0.5, 0.6) is 0 Å². The molecule has 0 radical (unpaired) electrons. The van der Waals surface area contributed by atoms with Crippen LogP contribution in [-0.2, 0) is 13.6 Å². The van der Waals surface area contributed by atoms with Gasteiger partial charge in [-0.2, -0.15) is 5.10 Å². The Hall–Kier alpha value is -3.42. The van der Waals surface area contributed by atoms with Gasteiger partial charge >= 0.3 is 5.69 Å². The summed E-state index contributed by atoms with van der Waals surface area (Å²) in [6, 6.07) is 9.48. The van der Waals surface area contributed by atoms with Crippen LogP contribution in [0.3, 0.4) is 0 Å². The summed E-state index contributed by atoms with van der Waals surface area (Å²) in [6.45, 7) is 5.91. The van der Waals surface area contributed by atoms with Crippen molar-refractivity contribution in [2.24, 2.45) is 7.05 Å². The maximum Gasteiger partial charge on any atom is 0.350 e. The Balaban J connectivity index is 1.65. The van der Waals surface area contributed by atoms with E-state index in [1.165, 1.54) is 4.68 Å². The molecule has 0 saturated carbocycles. The highest BCUT2D eigenvalue weighted by Crippen LogP contribution is 2.18. The minimum absolute atomic E-state index is 0.212. The monoisotopic (exact) mass is 378 g/mol. The summed E-state index contributed by atoms with van der Waals surface area (Å²) in [6.07, 6.45) is 1.55. The number of carbonyl (C=O) groups is 1. The van der Waals surface area contributed by atoms with E-state index >= 15 is 0 Å². The molecule has 3 aromatic heterocycles. The van der Waals surface area contributed by atoms with Gasteiger partial charge in [-0.15, -0.1) is 5.10 Å². The van der Waals surface area contributed by atoms with Gasteiger partial charge in [0.2, 0.25) is 0 Å². The number of nitrogens with zero attached hydrogens (tertiary/aromatic N) is 5. The van der Waals surface area contributed by atoms with Crippen molar-refractivity contribution < 1.29 is 4.79 Å². The van der Waals surface area contributed by atoms with Crippen LogP contribution >= 0.6 is 0 Å². The zero-order valence-electron chi connectivity index (χ0n) is 16.3. The number of pyridine rings is 1. The number of nitrogens with one attached hydrogen (secondary N) is 1. The van der Waals surface area contributed by atoms with Crippen molar-refractivity contribution in [2.75, 3.05) is 0 Å². The molecule has 8 heteroatoms. The minimum Gasteiger partial charge on any atom is -0.348 e. The first-order valence-electron chi connectivity index (χ1n) is 9.14. The Morgan fingerprint density at radius 2 is 2.00 bits per heavy atom. The number of carbonyl (C=O) groups excluding carboxylic acids is 1. The normalized spacial score (nSPS) is 12.6. The summed E-state index contributed by atoms with van der Waals surface area (Å²) in [7, 11) is 1.79. The highest BCUT2D eigenvalue weighted by atomic mass is 16.2. The molecule has 0 unspecified atom stereocenters. The molecular weight excluding hydrogens is 356 g/mol. The minimum atomic E-state index is -0.277. The van der Waals surface area contributed by atoms with Crippen LogP contribution in [0.15, 0.2) is 41.3 Å². The number of aromatic nitrogens is 5. The van der Waals surface area contributed by atoms with Gasteiger partial charge in [-0.1, -0.05) is 18.2 Å². The van der Waals surface area contributed by atoms with Crippen molar-refractivity contribution in [1.29, 1.82) is 0 Å². The number of rotatable bonds is 4. The molecule has 1 N–H and O–H groups in total. The fourth-order valence-corrected chi connectivity index (χ4v) is 3.44. The molecule has 0 aliphatic heterocycles. The van der Waals surface area contributed by atoms with Crippen molar-refractivity contribution in [3.8, 4) is 0 Å². The van der Waals surface area contributed by atoms with E-state index in [9.17, 15) is 9.59 Å². The Labute approximate surface area is 161 Å². The van der Waals surface area contributed by atoms with Crippen LogP contribution in [0, 0.1) is 13.8 Å². The molecule has 0 spiro atoms. The lowest BCUT2D eigenvalue weighted by molar-refractivity contribution is 0.0935. The largest absolute Gasteiger partial charge is 0.350 e. The highest BCUT2D eigenvalue weighted by Gasteiger charge is 2.18. The predicted octanol–water partition coefficient (Wildman–Crippen LogP) is 1.82. The molecule has 4 aromatic rings. The molecule has 28 heavy (non-hydrogen) atoms. The molecule has 1 aromatic carbocycles. The number of amides is 1. The summed E-state index contributed by atoms with van der Waals surface area (Å²) in [5, 5.41) is 12.5. The van der Waals surface area contributed by atoms with E-state index in [4.69, 9.17) is 0 Å². The van der Waals surface area contributed by atoms with Gasteiger partial charge in [0.25, 0.3) is 5.91 Å². The van der Waals surface area contributed by atoms with Crippen molar-refractivity contribution in [2.45, 2.75) is 33.4 Å². The third-order valence-electron chi connectivity index (χ3n) is 5.05. The smallest absolute Gasteiger partial charge is 0.348 e. The van der Waals surface area contributed by atoms with Gasteiger partial charge in [-0.3, -0.25) is 9.48 Å². The van der Waals surface area contributed by atoms with Crippen molar-refractivity contribution in [3.63, 3.8) is 0 Å². The van der Waals surface area contributed by atoms with E-state index in [0.717, 1.165) is 22.2 Å². The van der Waals surface area contributed by atoms with Gasteiger partial charge in [-0.05, 0) is 43.9 Å². The van der Waals surface area contributed by atoms with Crippen LogP contribution < -0.4 is 11.0 Å². The van der Waals surface area contributed by atoms with Gasteiger partial charge in [-0.25, -0.2) is 13.9 Å². The van der Waals surface area contributed by atoms with Gasteiger partial charge < -0.3 is 5.32 Å². The molecule has 3 heterocycles. The Morgan fingerprint density at radius 1 is 1.25 bits per heavy atom. The van der Waals surface area contributed by atoms with Crippen LogP contribution in [0.4, 0.5) is 0 Å². The standard InChI is InChI=1S/C20H22N6O2/c1-12-9-15-7-5-6-8-17(15)26-18(12)23-25(20(26)28)11-13(2)22-19(27)16-10-21-24(4)14(16)3/h5-10,13H,11H2,1-4H3,(H,22,27)/t13-/m0/s1. The van der Waals surface area contributed by atoms with E-state index in [-0.39, 0.29) is 24.2 Å². The fraction of sp³-hybridized carbons (Fsp3) is 0.300. The molecule has 0 saturated heterocycles. The summed E-state index contributed by atoms with van der Waals surface area (Å²) < 4.78 is 4.69. The van der Waals surface area contributed by atoms with Crippen LogP contribution in [0.25, 0.3) is 16.6 Å². The van der Waals surface area contributed by atoms with Gasteiger partial charge in [0.1, 0.15) is 0 Å². The second kappa shape index (κ2) is 6.63. The average molecular weight is 378 g/mol. The first-order chi connectivity index (χ1) is 13.4. The maximum absolute atomic E-state index is 13.0. The quantitative estimate of drug-likeness (QED) is 0.587. The molecule has 0 fully saturated rings. The highest BCUT2D eigenvalue weighted by molar-refractivity contribution is 5.95. The van der Waals surface area contributed by atoms with Crippen LogP contribution in [0.1, 0.15) is 28.5 Å². The first kappa shape index (κ1) is 18.0. The summed E-state index contributed by atoms with van der Waals surface area (Å²) >= 11 is 0. The fourth-order valence-electron chi connectivity index (χ4n) is 3.44.